The fourth-order valence-corrected chi connectivity index (χ4v) is 6.71. The second-order valence-corrected chi connectivity index (χ2v) is 12.8. The molecule has 158 valence electrons. The summed E-state index contributed by atoms with van der Waals surface area (Å²) in [7, 11) is -2.80. The number of benzene rings is 2. The van der Waals surface area contributed by atoms with E-state index in [-0.39, 0.29) is 5.69 Å². The van der Waals surface area contributed by atoms with Crippen molar-refractivity contribution in [2.75, 3.05) is 0 Å². The van der Waals surface area contributed by atoms with Crippen LogP contribution in [0.2, 0.25) is 0 Å². The zero-order valence-electron chi connectivity index (χ0n) is 16.9. The zero-order valence-corrected chi connectivity index (χ0v) is 21.0. The van der Waals surface area contributed by atoms with Gasteiger partial charge in [0.05, 0.1) is 15.1 Å². The standard InChI is InChI=1S/C21H21Br2N2O4P/c1-14-8-11-20(28-14)30(21(2,3)4,29-17-7-5-6-15(22)12-17)24-19-10-9-16(25(26)27)13-18(19)23/h5-13H,1-4H3. The van der Waals surface area contributed by atoms with Crippen molar-refractivity contribution in [1.82, 2.24) is 0 Å². The molecule has 3 rings (SSSR count). The van der Waals surface area contributed by atoms with Crippen molar-refractivity contribution in [3.8, 4) is 5.75 Å². The van der Waals surface area contributed by atoms with E-state index >= 15 is 0 Å². The molecule has 2 aromatic carbocycles. The molecule has 0 amide bonds. The summed E-state index contributed by atoms with van der Waals surface area (Å²) in [5.41, 5.74) is 1.20. The molecule has 0 N–H and O–H groups in total. The molecule has 1 atom stereocenters. The Kier molecular flexibility index (Phi) is 6.60. The summed E-state index contributed by atoms with van der Waals surface area (Å²) in [5.74, 6) is 1.41. The van der Waals surface area contributed by atoms with Crippen LogP contribution in [0.3, 0.4) is 0 Å². The maximum absolute atomic E-state index is 11.1. The van der Waals surface area contributed by atoms with Gasteiger partial charge in [-0.2, -0.15) is 0 Å². The Hall–Kier alpha value is -1.89. The van der Waals surface area contributed by atoms with Gasteiger partial charge in [-0.25, -0.2) is 4.74 Å². The van der Waals surface area contributed by atoms with Gasteiger partial charge in [0.15, 0.2) is 5.50 Å². The van der Waals surface area contributed by atoms with Crippen molar-refractivity contribution in [3.05, 3.63) is 79.4 Å². The van der Waals surface area contributed by atoms with E-state index in [1.807, 2.05) is 43.3 Å². The quantitative estimate of drug-likeness (QED) is 0.182. The summed E-state index contributed by atoms with van der Waals surface area (Å²) >= 11 is 6.92. The maximum atomic E-state index is 11.1. The molecule has 30 heavy (non-hydrogen) atoms. The van der Waals surface area contributed by atoms with Crippen LogP contribution in [0.1, 0.15) is 26.5 Å². The molecule has 0 radical (unpaired) electrons. The first-order chi connectivity index (χ1) is 14.0. The average Bonchev–Trinajstić information content (AvgIpc) is 3.08. The molecule has 0 aliphatic heterocycles. The number of nitrogens with zero attached hydrogens (tertiary/aromatic N) is 2. The Bertz CT molecular complexity index is 1150. The van der Waals surface area contributed by atoms with Crippen LogP contribution in [0.25, 0.3) is 0 Å². The number of hydrogen-bond acceptors (Lipinski definition) is 5. The van der Waals surface area contributed by atoms with Crippen molar-refractivity contribution < 1.29 is 13.9 Å². The number of rotatable bonds is 5. The SMILES string of the molecule is Cc1ccc(P(=Nc2ccc([N+](=O)[O-])cc2Br)(Oc2cccc(Br)c2)C(C)(C)C)o1. The number of nitro groups is 1. The van der Waals surface area contributed by atoms with Gasteiger partial charge in [-0.1, -0.05) is 42.8 Å². The Balaban J connectivity index is 2.30. The van der Waals surface area contributed by atoms with E-state index in [1.54, 1.807) is 6.07 Å². The summed E-state index contributed by atoms with van der Waals surface area (Å²) in [5, 5.41) is 10.7. The van der Waals surface area contributed by atoms with E-state index in [2.05, 4.69) is 52.6 Å². The molecule has 0 fully saturated rings. The molecular formula is C21H21Br2N2O4P. The summed E-state index contributed by atoms with van der Waals surface area (Å²) in [6.45, 7) is 8.04. The molecule has 0 aliphatic rings. The summed E-state index contributed by atoms with van der Waals surface area (Å²) in [6.07, 6.45) is 0. The largest absolute Gasteiger partial charge is 0.457 e. The van der Waals surface area contributed by atoms with Crippen LogP contribution >= 0.6 is 39.1 Å². The lowest BCUT2D eigenvalue weighted by atomic mass is 10.3. The molecule has 0 bridgehead atoms. The van der Waals surface area contributed by atoms with Gasteiger partial charge >= 0.3 is 0 Å². The van der Waals surface area contributed by atoms with E-state index in [0.717, 1.165) is 10.2 Å². The van der Waals surface area contributed by atoms with Crippen molar-refractivity contribution in [2.24, 2.45) is 4.74 Å². The lowest BCUT2D eigenvalue weighted by Gasteiger charge is -2.35. The number of furan rings is 1. The van der Waals surface area contributed by atoms with Gasteiger partial charge in [0.2, 0.25) is 7.28 Å². The van der Waals surface area contributed by atoms with E-state index in [1.165, 1.54) is 12.1 Å². The maximum Gasteiger partial charge on any atom is 0.270 e. The smallest absolute Gasteiger partial charge is 0.270 e. The molecule has 0 aliphatic carbocycles. The number of halogens is 2. The monoisotopic (exact) mass is 554 g/mol. The van der Waals surface area contributed by atoms with Gasteiger partial charge in [0.25, 0.3) is 5.69 Å². The molecule has 0 saturated heterocycles. The highest BCUT2D eigenvalue weighted by molar-refractivity contribution is 9.10. The Labute approximate surface area is 192 Å². The lowest BCUT2D eigenvalue weighted by Crippen LogP contribution is -2.26. The highest BCUT2D eigenvalue weighted by Gasteiger charge is 2.42. The van der Waals surface area contributed by atoms with Gasteiger partial charge in [-0.05, 0) is 59.3 Å². The molecule has 1 aromatic heterocycles. The van der Waals surface area contributed by atoms with Gasteiger partial charge < -0.3 is 8.94 Å². The van der Waals surface area contributed by atoms with Crippen LogP contribution in [0.4, 0.5) is 11.4 Å². The van der Waals surface area contributed by atoms with E-state index < -0.39 is 17.4 Å². The third-order valence-electron chi connectivity index (χ3n) is 4.36. The topological polar surface area (TPSA) is 77.9 Å². The lowest BCUT2D eigenvalue weighted by molar-refractivity contribution is -0.384. The minimum absolute atomic E-state index is 0.0118. The summed E-state index contributed by atoms with van der Waals surface area (Å²) in [4.78, 5) is 10.7. The van der Waals surface area contributed by atoms with Crippen LogP contribution in [0.5, 0.6) is 5.75 Å². The third kappa shape index (κ3) is 4.71. The average molecular weight is 556 g/mol. The Morgan fingerprint density at radius 1 is 1.10 bits per heavy atom. The molecule has 1 heterocycles. The minimum Gasteiger partial charge on any atom is -0.457 e. The van der Waals surface area contributed by atoms with Crippen LogP contribution in [-0.4, -0.2) is 10.1 Å². The first kappa shape index (κ1) is 22.8. The molecule has 9 heteroatoms. The van der Waals surface area contributed by atoms with Crippen LogP contribution in [0, 0.1) is 17.0 Å². The van der Waals surface area contributed by atoms with Gasteiger partial charge in [0.1, 0.15) is 11.5 Å². The minimum atomic E-state index is -2.80. The Morgan fingerprint density at radius 3 is 2.37 bits per heavy atom. The predicted octanol–water partition coefficient (Wildman–Crippen LogP) is 7.97. The molecular weight excluding hydrogens is 535 g/mol. The number of hydrogen-bond donors (Lipinski definition) is 0. The highest BCUT2D eigenvalue weighted by Crippen LogP contribution is 2.62. The van der Waals surface area contributed by atoms with E-state index in [9.17, 15) is 10.1 Å². The van der Waals surface area contributed by atoms with Crippen molar-refractivity contribution in [1.29, 1.82) is 0 Å². The normalized spacial score (nSPS) is 13.5. The molecule has 0 saturated carbocycles. The Morgan fingerprint density at radius 2 is 1.83 bits per heavy atom. The molecule has 3 aromatic rings. The first-order valence-corrected chi connectivity index (χ1v) is 12.3. The number of aryl methyl sites for hydroxylation is 1. The first-order valence-electron chi connectivity index (χ1n) is 9.10. The zero-order chi connectivity index (χ0) is 22.1. The number of nitro benzene ring substituents is 1. The molecule has 0 spiro atoms. The van der Waals surface area contributed by atoms with E-state index in [4.69, 9.17) is 13.7 Å². The van der Waals surface area contributed by atoms with Crippen molar-refractivity contribution >= 4 is 56.0 Å². The van der Waals surface area contributed by atoms with Gasteiger partial charge in [-0.3, -0.25) is 10.1 Å². The van der Waals surface area contributed by atoms with Crippen molar-refractivity contribution in [2.45, 2.75) is 32.9 Å². The van der Waals surface area contributed by atoms with Crippen LogP contribution in [0.15, 0.2) is 72.7 Å². The van der Waals surface area contributed by atoms with Crippen LogP contribution < -0.4 is 10.0 Å². The number of non-ortho nitro benzene ring substituents is 1. The van der Waals surface area contributed by atoms with Gasteiger partial charge in [-0.15, -0.1) is 0 Å². The predicted molar refractivity (Wildman–Crippen MR) is 127 cm³/mol. The fourth-order valence-electron chi connectivity index (χ4n) is 2.84. The highest BCUT2D eigenvalue weighted by atomic mass is 79.9. The fraction of sp³-hybridized carbons (Fsp3) is 0.238. The third-order valence-corrected chi connectivity index (χ3v) is 9.12. The van der Waals surface area contributed by atoms with Gasteiger partial charge in [0, 0.05) is 21.8 Å². The van der Waals surface area contributed by atoms with Crippen LogP contribution in [-0.2, 0) is 0 Å². The summed E-state index contributed by atoms with van der Waals surface area (Å²) in [6, 6.07) is 15.9. The summed E-state index contributed by atoms with van der Waals surface area (Å²) < 4.78 is 19.2. The van der Waals surface area contributed by atoms with Crippen molar-refractivity contribution in [3.63, 3.8) is 0 Å². The second kappa shape index (κ2) is 8.69. The molecule has 1 unspecified atom stereocenters. The molecule has 6 nitrogen and oxygen atoms in total. The second-order valence-electron chi connectivity index (χ2n) is 7.67. The van der Waals surface area contributed by atoms with E-state index in [0.29, 0.717) is 21.4 Å².